The lowest BCUT2D eigenvalue weighted by molar-refractivity contribution is -0.0980. The molecule has 3 unspecified atom stereocenters. The molecule has 2 aromatic rings. The normalized spacial score (nSPS) is 16.9. The Kier molecular flexibility index (Phi) is 15.1. The molecule has 1 N–H and O–H groups in total. The highest BCUT2D eigenvalue weighted by Crippen LogP contribution is 2.47. The number of halogens is 2. The molecule has 6 nitrogen and oxygen atoms in total. The summed E-state index contributed by atoms with van der Waals surface area (Å²) in [5, 5.41) is 2.25. The number of nitrogens with one attached hydrogen (secondary N) is 1. The number of alkyl halides is 1. The van der Waals surface area contributed by atoms with Gasteiger partial charge in [-0.3, -0.25) is 0 Å². The number of hydrogen-bond acceptors (Lipinski definition) is 6. The van der Waals surface area contributed by atoms with Gasteiger partial charge in [0.1, 0.15) is 18.4 Å². The molecule has 0 radical (unpaired) electrons. The monoisotopic (exact) mass is 541 g/mol. The van der Waals surface area contributed by atoms with Gasteiger partial charge in [0.2, 0.25) is 5.28 Å². The van der Waals surface area contributed by atoms with E-state index in [1.165, 1.54) is 0 Å². The van der Waals surface area contributed by atoms with Crippen LogP contribution in [-0.2, 0) is 27.8 Å². The van der Waals surface area contributed by atoms with Crippen LogP contribution in [-0.4, -0.2) is 36.6 Å². The van der Waals surface area contributed by atoms with Crippen LogP contribution >= 0.6 is 20.8 Å². The number of ether oxygens (including phenoxy) is 2. The lowest BCUT2D eigenvalue weighted by Gasteiger charge is -2.31. The first kappa shape index (κ1) is 32.2. The minimum Gasteiger partial charge on any atom is -0.493 e. The van der Waals surface area contributed by atoms with E-state index in [1.807, 2.05) is 39.7 Å². The van der Waals surface area contributed by atoms with Crippen LogP contribution in [0.5, 0.6) is 5.75 Å². The van der Waals surface area contributed by atoms with Crippen molar-refractivity contribution in [2.45, 2.75) is 84.6 Å². The second kappa shape index (κ2) is 16.8. The van der Waals surface area contributed by atoms with E-state index in [1.54, 1.807) is 6.07 Å². The first-order valence-electron chi connectivity index (χ1n) is 12.8. The number of hydrogen-bond donors (Lipinski definition) is 1. The van der Waals surface area contributed by atoms with Crippen LogP contribution in [0.25, 0.3) is 0 Å². The fraction of sp³-hybridized carbons (Fsp3) is 0.593. The quantitative estimate of drug-likeness (QED) is 0.184. The lowest BCUT2D eigenvalue weighted by atomic mass is 9.96. The molecule has 0 aliphatic carbocycles. The van der Waals surface area contributed by atoms with E-state index >= 15 is 0 Å². The standard InChI is InChI=1S/C24H34ClFN3O2P.C2H6.CH2O/c1-4-13-30-14-7-6-11-20-17(5-2)22(29-23(25)28-20)27-16(3)18-9-8-10-19-21(18)31-15-12-24(19,26)32;2*1-2/h8-10,16H,4-7,11-15,32H2,1-3H3,(H,27,28,29);1-2H3;1H2. The number of carbonyl (C=O) groups excluding carboxylic acids is 1. The van der Waals surface area contributed by atoms with Crippen LogP contribution in [0, 0.1) is 0 Å². The van der Waals surface area contributed by atoms with Gasteiger partial charge >= 0.3 is 0 Å². The second-order valence-electron chi connectivity index (χ2n) is 8.24. The molecule has 9 heteroatoms. The van der Waals surface area contributed by atoms with Crippen LogP contribution in [0.1, 0.15) is 88.7 Å². The fourth-order valence-electron chi connectivity index (χ4n) is 4.04. The largest absolute Gasteiger partial charge is 0.493 e. The fourth-order valence-corrected chi connectivity index (χ4v) is 4.58. The number of para-hydroxylation sites is 1. The Hall–Kier alpha value is -1.82. The molecule has 0 fully saturated rings. The van der Waals surface area contributed by atoms with Crippen molar-refractivity contribution in [2.24, 2.45) is 0 Å². The highest BCUT2D eigenvalue weighted by atomic mass is 35.5. The molecule has 1 aliphatic rings. The summed E-state index contributed by atoms with van der Waals surface area (Å²) in [4.78, 5) is 17.0. The topological polar surface area (TPSA) is 73.3 Å². The zero-order valence-electron chi connectivity index (χ0n) is 22.3. The Labute approximate surface area is 223 Å². The Morgan fingerprint density at radius 2 is 1.97 bits per heavy atom. The van der Waals surface area contributed by atoms with Gasteiger partial charge in [0.25, 0.3) is 0 Å². The zero-order valence-corrected chi connectivity index (χ0v) is 24.2. The summed E-state index contributed by atoms with van der Waals surface area (Å²) >= 11 is 6.28. The van der Waals surface area contributed by atoms with Gasteiger partial charge in [0.15, 0.2) is 5.41 Å². The molecule has 3 rings (SSSR count). The number of benzene rings is 1. The first-order valence-corrected chi connectivity index (χ1v) is 13.7. The predicted molar refractivity (Wildman–Crippen MR) is 150 cm³/mol. The van der Waals surface area contributed by atoms with Gasteiger partial charge in [-0.15, -0.1) is 0 Å². The maximum absolute atomic E-state index is 15.0. The molecule has 0 saturated carbocycles. The number of anilines is 1. The summed E-state index contributed by atoms with van der Waals surface area (Å²) in [5.74, 6) is 1.34. The van der Waals surface area contributed by atoms with Crippen molar-refractivity contribution in [1.29, 1.82) is 0 Å². The molecule has 3 atom stereocenters. The number of nitrogens with zero attached hydrogens (tertiary/aromatic N) is 2. The molecule has 202 valence electrons. The van der Waals surface area contributed by atoms with Crippen molar-refractivity contribution in [3.05, 3.63) is 45.9 Å². The Balaban J connectivity index is 0.00000154. The van der Waals surface area contributed by atoms with Crippen LogP contribution < -0.4 is 10.1 Å². The predicted octanol–water partition coefficient (Wildman–Crippen LogP) is 7.24. The van der Waals surface area contributed by atoms with Gasteiger partial charge in [0.05, 0.1) is 18.3 Å². The maximum atomic E-state index is 15.0. The van der Waals surface area contributed by atoms with Crippen LogP contribution in [0.2, 0.25) is 5.28 Å². The molecule has 0 amide bonds. The van der Waals surface area contributed by atoms with Crippen molar-refractivity contribution in [2.75, 3.05) is 25.1 Å². The van der Waals surface area contributed by atoms with Crippen molar-refractivity contribution >= 4 is 33.4 Å². The molecule has 1 aromatic carbocycles. The molecule has 0 bridgehead atoms. The van der Waals surface area contributed by atoms with E-state index in [2.05, 4.69) is 38.4 Å². The number of aromatic nitrogens is 2. The minimum absolute atomic E-state index is 0.143. The third-order valence-electron chi connectivity index (χ3n) is 5.75. The van der Waals surface area contributed by atoms with Gasteiger partial charge in [-0.2, -0.15) is 0 Å². The molecular formula is C27H42ClFN3O3P. The van der Waals surface area contributed by atoms with Crippen LogP contribution in [0.4, 0.5) is 10.2 Å². The highest BCUT2D eigenvalue weighted by Gasteiger charge is 2.35. The Morgan fingerprint density at radius 1 is 1.25 bits per heavy atom. The van der Waals surface area contributed by atoms with E-state index < -0.39 is 5.41 Å². The highest BCUT2D eigenvalue weighted by molar-refractivity contribution is 7.18. The third-order valence-corrected chi connectivity index (χ3v) is 6.51. The lowest BCUT2D eigenvalue weighted by Crippen LogP contribution is -2.24. The molecule has 36 heavy (non-hydrogen) atoms. The molecular weight excluding hydrogens is 500 g/mol. The molecule has 0 spiro atoms. The summed E-state index contributed by atoms with van der Waals surface area (Å²) in [7, 11) is 2.33. The van der Waals surface area contributed by atoms with Crippen molar-refractivity contribution in [1.82, 2.24) is 9.97 Å². The molecule has 0 saturated heterocycles. The van der Waals surface area contributed by atoms with Crippen molar-refractivity contribution in [3.63, 3.8) is 0 Å². The van der Waals surface area contributed by atoms with Crippen LogP contribution in [0.3, 0.4) is 0 Å². The first-order chi connectivity index (χ1) is 17.4. The average Bonchev–Trinajstić information content (AvgIpc) is 2.88. The summed E-state index contributed by atoms with van der Waals surface area (Å²) in [5.41, 5.74) is 3.50. The van der Waals surface area contributed by atoms with Gasteiger partial charge < -0.3 is 19.6 Å². The maximum Gasteiger partial charge on any atom is 0.224 e. The van der Waals surface area contributed by atoms with Gasteiger partial charge in [-0.05, 0) is 50.6 Å². The SMILES string of the molecule is C=O.CC.CCCOCCCCc1nc(Cl)nc(NC(C)c2cccc3c2OCCC3(F)P)c1CC. The van der Waals surface area contributed by atoms with E-state index in [-0.39, 0.29) is 11.3 Å². The second-order valence-corrected chi connectivity index (χ2v) is 9.49. The minimum atomic E-state index is -1.47. The number of fused-ring (bicyclic) bond motifs is 1. The molecule has 1 aliphatic heterocycles. The molecule has 2 heterocycles. The van der Waals surface area contributed by atoms with Gasteiger partial charge in [0, 0.05) is 36.3 Å². The summed E-state index contributed by atoms with van der Waals surface area (Å²) in [6, 6.07) is 5.49. The summed E-state index contributed by atoms with van der Waals surface area (Å²) < 4.78 is 26.4. The number of aryl methyl sites for hydroxylation is 1. The van der Waals surface area contributed by atoms with Gasteiger partial charge in [-0.25, -0.2) is 14.4 Å². The van der Waals surface area contributed by atoms with E-state index in [9.17, 15) is 4.39 Å². The van der Waals surface area contributed by atoms with E-state index in [0.717, 1.165) is 68.0 Å². The number of unbranched alkanes of at least 4 members (excludes halogenated alkanes) is 1. The number of carbonyl (C=O) groups is 1. The Bertz CT molecular complexity index is 933. The zero-order chi connectivity index (χ0) is 27.1. The Morgan fingerprint density at radius 3 is 2.64 bits per heavy atom. The summed E-state index contributed by atoms with van der Waals surface area (Å²) in [6.45, 7) is 14.1. The van der Waals surface area contributed by atoms with Crippen molar-refractivity contribution in [3.8, 4) is 5.75 Å². The van der Waals surface area contributed by atoms with Gasteiger partial charge in [-0.1, -0.05) is 55.1 Å². The number of rotatable bonds is 11. The third kappa shape index (κ3) is 8.93. The smallest absolute Gasteiger partial charge is 0.224 e. The van der Waals surface area contributed by atoms with E-state index in [4.69, 9.17) is 25.9 Å². The van der Waals surface area contributed by atoms with Crippen LogP contribution in [0.15, 0.2) is 18.2 Å². The average molecular weight is 542 g/mol. The van der Waals surface area contributed by atoms with E-state index in [0.29, 0.717) is 24.3 Å². The molecule has 1 aromatic heterocycles. The summed E-state index contributed by atoms with van der Waals surface area (Å²) in [6.07, 6.45) is 4.93. The van der Waals surface area contributed by atoms with Crippen molar-refractivity contribution < 1.29 is 18.7 Å².